The van der Waals surface area contributed by atoms with Crippen molar-refractivity contribution in [1.82, 2.24) is 0 Å². The number of rotatable bonds is 0. The Labute approximate surface area is 74.5 Å². The molecule has 0 radical (unpaired) electrons. The van der Waals surface area contributed by atoms with Gasteiger partial charge in [-0.25, -0.2) is 0 Å². The van der Waals surface area contributed by atoms with E-state index in [2.05, 4.69) is 20.8 Å². The number of ketones is 1. The van der Waals surface area contributed by atoms with Crippen molar-refractivity contribution in [2.45, 2.75) is 46.5 Å². The standard InChI is InChI=1S/C11H18O/c1-10(2)8-4-5-9(12)11(10,3)7-6-8/h8H,4-7H2,1-3H3/t8-,11-/m0/s1. The number of hydrogen-bond acceptors (Lipinski definition) is 1. The summed E-state index contributed by atoms with van der Waals surface area (Å²) in [6, 6.07) is 0. The predicted molar refractivity (Wildman–Crippen MR) is 48.9 cm³/mol. The third-order valence-electron chi connectivity index (χ3n) is 4.77. The van der Waals surface area contributed by atoms with Gasteiger partial charge in [-0.3, -0.25) is 4.79 Å². The SMILES string of the molecule is CC1(C)[C@H]2CCC(=O)[C@]1(C)CC2. The van der Waals surface area contributed by atoms with E-state index in [-0.39, 0.29) is 10.8 Å². The molecular weight excluding hydrogens is 148 g/mol. The van der Waals surface area contributed by atoms with Gasteiger partial charge < -0.3 is 0 Å². The monoisotopic (exact) mass is 166 g/mol. The van der Waals surface area contributed by atoms with E-state index in [1.54, 1.807) is 0 Å². The van der Waals surface area contributed by atoms with Crippen LogP contribution in [0, 0.1) is 16.7 Å². The summed E-state index contributed by atoms with van der Waals surface area (Å²) in [5.74, 6) is 1.32. The third kappa shape index (κ3) is 0.725. The largest absolute Gasteiger partial charge is 0.299 e. The lowest BCUT2D eigenvalue weighted by atomic mass is 9.59. The lowest BCUT2D eigenvalue weighted by molar-refractivity contribution is -0.137. The van der Waals surface area contributed by atoms with Gasteiger partial charge in [-0.15, -0.1) is 0 Å². The lowest BCUT2D eigenvalue weighted by Gasteiger charge is -2.44. The zero-order chi connectivity index (χ0) is 8.98. The van der Waals surface area contributed by atoms with Crippen molar-refractivity contribution in [3.63, 3.8) is 0 Å². The highest BCUT2D eigenvalue weighted by Gasteiger charge is 2.57. The number of fused-ring (bicyclic) bond motifs is 2. The average molecular weight is 166 g/mol. The lowest BCUT2D eigenvalue weighted by Crippen LogP contribution is -2.44. The van der Waals surface area contributed by atoms with Crippen molar-refractivity contribution in [2.24, 2.45) is 16.7 Å². The minimum Gasteiger partial charge on any atom is -0.299 e. The highest BCUT2D eigenvalue weighted by Crippen LogP contribution is 2.61. The van der Waals surface area contributed by atoms with Gasteiger partial charge in [0.25, 0.3) is 0 Å². The Kier molecular flexibility index (Phi) is 1.47. The molecule has 0 aliphatic heterocycles. The number of hydrogen-bond donors (Lipinski definition) is 0. The molecular formula is C11H18O. The van der Waals surface area contributed by atoms with Crippen molar-refractivity contribution in [1.29, 1.82) is 0 Å². The summed E-state index contributed by atoms with van der Waals surface area (Å²) in [7, 11) is 0. The highest BCUT2D eigenvalue weighted by atomic mass is 16.1. The third-order valence-corrected chi connectivity index (χ3v) is 4.77. The number of Topliss-reactive ketones (excluding diaryl/α,β-unsaturated/α-hetero) is 1. The molecule has 0 aromatic rings. The quantitative estimate of drug-likeness (QED) is 0.541. The van der Waals surface area contributed by atoms with Crippen molar-refractivity contribution in [2.75, 3.05) is 0 Å². The molecule has 0 amide bonds. The van der Waals surface area contributed by atoms with Crippen LogP contribution in [0.2, 0.25) is 0 Å². The Bertz CT molecular complexity index is 229. The topological polar surface area (TPSA) is 17.1 Å². The van der Waals surface area contributed by atoms with E-state index in [4.69, 9.17) is 0 Å². The predicted octanol–water partition coefficient (Wildman–Crippen LogP) is 2.79. The zero-order valence-electron chi connectivity index (χ0n) is 8.31. The molecule has 2 rings (SSSR count). The maximum atomic E-state index is 11.8. The van der Waals surface area contributed by atoms with Gasteiger partial charge in [0.05, 0.1) is 0 Å². The Morgan fingerprint density at radius 3 is 2.50 bits per heavy atom. The van der Waals surface area contributed by atoms with Crippen LogP contribution in [0.15, 0.2) is 0 Å². The van der Waals surface area contributed by atoms with Crippen LogP contribution in [0.4, 0.5) is 0 Å². The van der Waals surface area contributed by atoms with Gasteiger partial charge in [0, 0.05) is 11.8 Å². The molecule has 1 nitrogen and oxygen atoms in total. The van der Waals surface area contributed by atoms with Crippen molar-refractivity contribution in [3.8, 4) is 0 Å². The Balaban J connectivity index is 2.43. The minimum absolute atomic E-state index is 0.00984. The first-order valence-electron chi connectivity index (χ1n) is 5.02. The second-order valence-corrected chi connectivity index (χ2v) is 5.25. The van der Waals surface area contributed by atoms with E-state index in [0.29, 0.717) is 5.78 Å². The molecule has 2 atom stereocenters. The van der Waals surface area contributed by atoms with Gasteiger partial charge in [0.1, 0.15) is 5.78 Å². The fourth-order valence-corrected chi connectivity index (χ4v) is 3.18. The number of carbonyl (C=O) groups is 1. The molecule has 0 heterocycles. The van der Waals surface area contributed by atoms with Crippen LogP contribution >= 0.6 is 0 Å². The molecule has 2 bridgehead atoms. The minimum atomic E-state index is 0.00984. The van der Waals surface area contributed by atoms with Crippen LogP contribution in [0.5, 0.6) is 0 Å². The van der Waals surface area contributed by atoms with E-state index < -0.39 is 0 Å². The molecule has 0 spiro atoms. The van der Waals surface area contributed by atoms with Crippen molar-refractivity contribution >= 4 is 5.78 Å². The fourth-order valence-electron chi connectivity index (χ4n) is 3.18. The van der Waals surface area contributed by atoms with E-state index in [0.717, 1.165) is 25.2 Å². The average Bonchev–Trinajstić information content (AvgIpc) is 2.17. The maximum Gasteiger partial charge on any atom is 0.139 e. The first-order chi connectivity index (χ1) is 5.48. The molecule has 0 saturated heterocycles. The van der Waals surface area contributed by atoms with Gasteiger partial charge in [0.2, 0.25) is 0 Å². The summed E-state index contributed by atoms with van der Waals surface area (Å²) in [4.78, 5) is 11.8. The summed E-state index contributed by atoms with van der Waals surface area (Å²) in [5, 5.41) is 0. The van der Waals surface area contributed by atoms with E-state index in [9.17, 15) is 4.79 Å². The van der Waals surface area contributed by atoms with E-state index >= 15 is 0 Å². The summed E-state index contributed by atoms with van der Waals surface area (Å²) < 4.78 is 0. The molecule has 2 fully saturated rings. The van der Waals surface area contributed by atoms with Gasteiger partial charge >= 0.3 is 0 Å². The molecule has 0 unspecified atom stereocenters. The van der Waals surface area contributed by atoms with Gasteiger partial charge in [0.15, 0.2) is 0 Å². The summed E-state index contributed by atoms with van der Waals surface area (Å²) >= 11 is 0. The zero-order valence-corrected chi connectivity index (χ0v) is 8.31. The smallest absolute Gasteiger partial charge is 0.139 e. The summed E-state index contributed by atoms with van der Waals surface area (Å²) in [6.45, 7) is 6.73. The summed E-state index contributed by atoms with van der Waals surface area (Å²) in [5.41, 5.74) is 0.276. The molecule has 68 valence electrons. The molecule has 0 N–H and O–H groups in total. The van der Waals surface area contributed by atoms with Gasteiger partial charge in [-0.05, 0) is 30.6 Å². The van der Waals surface area contributed by atoms with E-state index in [1.165, 1.54) is 6.42 Å². The van der Waals surface area contributed by atoms with Gasteiger partial charge in [-0.2, -0.15) is 0 Å². The molecule has 0 aromatic heterocycles. The first-order valence-corrected chi connectivity index (χ1v) is 5.02. The van der Waals surface area contributed by atoms with Crippen LogP contribution < -0.4 is 0 Å². The molecule has 0 aromatic carbocycles. The van der Waals surface area contributed by atoms with Crippen molar-refractivity contribution in [3.05, 3.63) is 0 Å². The second-order valence-electron chi connectivity index (χ2n) is 5.25. The molecule has 12 heavy (non-hydrogen) atoms. The number of carbonyl (C=O) groups excluding carboxylic acids is 1. The first kappa shape index (κ1) is 8.28. The normalized spacial score (nSPS) is 44.9. The van der Waals surface area contributed by atoms with Crippen LogP contribution in [-0.4, -0.2) is 5.78 Å². The molecule has 2 aliphatic rings. The summed E-state index contributed by atoms with van der Waals surface area (Å²) in [6.07, 6.45) is 4.38. The molecule has 2 saturated carbocycles. The highest BCUT2D eigenvalue weighted by molar-refractivity contribution is 5.86. The van der Waals surface area contributed by atoms with Crippen LogP contribution in [0.1, 0.15) is 46.5 Å². The van der Waals surface area contributed by atoms with E-state index in [1.807, 2.05) is 0 Å². The Morgan fingerprint density at radius 1 is 1.25 bits per heavy atom. The Hall–Kier alpha value is -0.330. The molecule has 1 heteroatoms. The van der Waals surface area contributed by atoms with Crippen LogP contribution in [0.3, 0.4) is 0 Å². The van der Waals surface area contributed by atoms with Crippen LogP contribution in [-0.2, 0) is 4.79 Å². The van der Waals surface area contributed by atoms with Gasteiger partial charge in [-0.1, -0.05) is 20.8 Å². The fraction of sp³-hybridized carbons (Fsp3) is 0.909. The van der Waals surface area contributed by atoms with Crippen LogP contribution in [0.25, 0.3) is 0 Å². The second kappa shape index (κ2) is 2.12. The maximum absolute atomic E-state index is 11.8. The Morgan fingerprint density at radius 2 is 1.92 bits per heavy atom. The molecule has 2 aliphatic carbocycles. The van der Waals surface area contributed by atoms with Crippen molar-refractivity contribution < 1.29 is 4.79 Å².